The molecule has 0 fully saturated rings. The summed E-state index contributed by atoms with van der Waals surface area (Å²) in [7, 11) is -3.84. The van der Waals surface area contributed by atoms with Crippen molar-refractivity contribution in [1.29, 1.82) is 0 Å². The van der Waals surface area contributed by atoms with E-state index in [0.29, 0.717) is 0 Å². The number of hydrogen-bond acceptors (Lipinski definition) is 3. The molecule has 0 spiro atoms. The molecular weight excluding hydrogens is 322 g/mol. The van der Waals surface area contributed by atoms with Crippen molar-refractivity contribution < 1.29 is 13.5 Å². The number of benzene rings is 1. The van der Waals surface area contributed by atoms with Gasteiger partial charge in [-0.05, 0) is 38.8 Å². The first-order valence-corrected chi connectivity index (χ1v) is 9.13. The van der Waals surface area contributed by atoms with E-state index in [0.717, 1.165) is 9.87 Å². The smallest absolute Gasteiger partial charge is 0.244 e. The molecule has 0 saturated heterocycles. The summed E-state index contributed by atoms with van der Waals surface area (Å²) >= 11 is 0. The van der Waals surface area contributed by atoms with Gasteiger partial charge in [-0.3, -0.25) is 0 Å². The van der Waals surface area contributed by atoms with Gasteiger partial charge in [-0.1, -0.05) is 35.8 Å². The lowest BCUT2D eigenvalue weighted by Gasteiger charge is -2.38. The van der Waals surface area contributed by atoms with E-state index in [9.17, 15) is 13.5 Å². The van der Waals surface area contributed by atoms with Crippen molar-refractivity contribution in [2.24, 2.45) is 0 Å². The standard InChI is InChI=1S/C19H25NO3S/c1-6-13-19(21,14-7-2)17(5)20(15-8-3)24(22,23)18-11-9-16(4)10-12-18/h3,6-7,9-12,17,21H,1-2,13-15H2,4-5H3/t17-/m0/s1. The Kier molecular flexibility index (Phi) is 6.97. The fourth-order valence-electron chi connectivity index (χ4n) is 2.56. The Morgan fingerprint density at radius 1 is 1.29 bits per heavy atom. The van der Waals surface area contributed by atoms with E-state index < -0.39 is 21.7 Å². The van der Waals surface area contributed by atoms with Gasteiger partial charge in [0.15, 0.2) is 0 Å². The van der Waals surface area contributed by atoms with Crippen LogP contribution in [0.15, 0.2) is 54.5 Å². The minimum Gasteiger partial charge on any atom is -0.388 e. The molecule has 0 amide bonds. The molecule has 0 aliphatic heterocycles. The van der Waals surface area contributed by atoms with Crippen LogP contribution in [0.2, 0.25) is 0 Å². The molecule has 130 valence electrons. The van der Waals surface area contributed by atoms with Crippen molar-refractivity contribution in [2.75, 3.05) is 6.54 Å². The summed E-state index contributed by atoms with van der Waals surface area (Å²) in [6.45, 7) is 10.7. The van der Waals surface area contributed by atoms with E-state index >= 15 is 0 Å². The summed E-state index contributed by atoms with van der Waals surface area (Å²) in [6.07, 6.45) is 8.96. The molecule has 1 atom stereocenters. The highest BCUT2D eigenvalue weighted by atomic mass is 32.2. The highest BCUT2D eigenvalue weighted by molar-refractivity contribution is 7.89. The predicted molar refractivity (Wildman–Crippen MR) is 97.9 cm³/mol. The van der Waals surface area contributed by atoms with E-state index in [1.54, 1.807) is 43.3 Å². The number of aryl methyl sites for hydroxylation is 1. The summed E-state index contributed by atoms with van der Waals surface area (Å²) in [5.74, 6) is 2.38. The molecule has 0 aliphatic rings. The number of terminal acetylenes is 1. The molecule has 24 heavy (non-hydrogen) atoms. The zero-order chi connectivity index (χ0) is 18.4. The summed E-state index contributed by atoms with van der Waals surface area (Å²) < 4.78 is 27.2. The Labute approximate surface area is 145 Å². The van der Waals surface area contributed by atoms with Gasteiger partial charge in [-0.15, -0.1) is 19.6 Å². The van der Waals surface area contributed by atoms with Crippen LogP contribution >= 0.6 is 0 Å². The normalized spacial score (nSPS) is 13.3. The second kappa shape index (κ2) is 8.29. The van der Waals surface area contributed by atoms with Crippen LogP contribution in [0.3, 0.4) is 0 Å². The summed E-state index contributed by atoms with van der Waals surface area (Å²) in [5, 5.41) is 10.9. The maximum absolute atomic E-state index is 13.0. The first kappa shape index (κ1) is 20.2. The van der Waals surface area contributed by atoms with Gasteiger partial charge in [0, 0.05) is 0 Å². The minimum absolute atomic E-state index is 0.131. The fraction of sp³-hybridized carbons (Fsp3) is 0.368. The quantitative estimate of drug-likeness (QED) is 0.552. The first-order valence-electron chi connectivity index (χ1n) is 7.69. The van der Waals surface area contributed by atoms with E-state index in [4.69, 9.17) is 6.42 Å². The zero-order valence-electron chi connectivity index (χ0n) is 14.3. The monoisotopic (exact) mass is 347 g/mol. The molecule has 5 heteroatoms. The molecule has 1 aromatic carbocycles. The minimum atomic E-state index is -3.84. The van der Waals surface area contributed by atoms with Gasteiger partial charge in [0.2, 0.25) is 10.0 Å². The zero-order valence-corrected chi connectivity index (χ0v) is 15.1. The summed E-state index contributed by atoms with van der Waals surface area (Å²) in [4.78, 5) is 0.148. The van der Waals surface area contributed by atoms with Crippen molar-refractivity contribution in [1.82, 2.24) is 4.31 Å². The lowest BCUT2D eigenvalue weighted by atomic mass is 9.88. The van der Waals surface area contributed by atoms with Gasteiger partial charge in [-0.2, -0.15) is 4.31 Å². The molecule has 0 aliphatic carbocycles. The Balaban J connectivity index is 3.34. The number of nitrogens with zero attached hydrogens (tertiary/aromatic N) is 1. The van der Waals surface area contributed by atoms with E-state index in [1.807, 2.05) is 6.92 Å². The van der Waals surface area contributed by atoms with Gasteiger partial charge in [0.1, 0.15) is 0 Å². The molecule has 0 heterocycles. The highest BCUT2D eigenvalue weighted by Gasteiger charge is 2.40. The molecule has 1 N–H and O–H groups in total. The largest absolute Gasteiger partial charge is 0.388 e. The van der Waals surface area contributed by atoms with Crippen LogP contribution in [0.25, 0.3) is 0 Å². The molecule has 1 rings (SSSR count). The van der Waals surface area contributed by atoms with Gasteiger partial charge in [0.05, 0.1) is 23.1 Å². The van der Waals surface area contributed by atoms with Crippen molar-refractivity contribution in [3.8, 4) is 12.3 Å². The van der Waals surface area contributed by atoms with Crippen molar-refractivity contribution in [3.63, 3.8) is 0 Å². The third-order valence-corrected chi connectivity index (χ3v) is 6.01. The number of sulfonamides is 1. The molecule has 0 aromatic heterocycles. The number of rotatable bonds is 9. The Morgan fingerprint density at radius 2 is 1.79 bits per heavy atom. The van der Waals surface area contributed by atoms with Crippen LogP contribution in [-0.4, -0.2) is 36.0 Å². The average Bonchev–Trinajstić information content (AvgIpc) is 2.52. The van der Waals surface area contributed by atoms with Crippen LogP contribution in [0.5, 0.6) is 0 Å². The number of hydrogen-bond donors (Lipinski definition) is 1. The third kappa shape index (κ3) is 4.35. The molecule has 0 bridgehead atoms. The van der Waals surface area contributed by atoms with Gasteiger partial charge >= 0.3 is 0 Å². The van der Waals surface area contributed by atoms with E-state index in [1.165, 1.54) is 0 Å². The number of aliphatic hydroxyl groups is 1. The maximum atomic E-state index is 13.0. The van der Waals surface area contributed by atoms with Crippen molar-refractivity contribution in [3.05, 3.63) is 55.1 Å². The SMILES string of the molecule is C#CCN([C@@H](C)C(O)(CC=C)CC=C)S(=O)(=O)c1ccc(C)cc1. The molecular formula is C19H25NO3S. The molecule has 0 unspecified atom stereocenters. The van der Waals surface area contributed by atoms with E-state index in [2.05, 4.69) is 19.1 Å². The molecule has 1 aromatic rings. The second-order valence-corrected chi connectivity index (χ2v) is 7.72. The van der Waals surface area contributed by atoms with Crippen LogP contribution in [-0.2, 0) is 10.0 Å². The lowest BCUT2D eigenvalue weighted by Crippen LogP contribution is -2.53. The van der Waals surface area contributed by atoms with Gasteiger partial charge in [0.25, 0.3) is 0 Å². The van der Waals surface area contributed by atoms with Gasteiger partial charge < -0.3 is 5.11 Å². The van der Waals surface area contributed by atoms with Crippen LogP contribution in [0.4, 0.5) is 0 Å². The molecule has 0 saturated carbocycles. The van der Waals surface area contributed by atoms with Crippen LogP contribution < -0.4 is 0 Å². The lowest BCUT2D eigenvalue weighted by molar-refractivity contribution is -0.00958. The summed E-state index contributed by atoms with van der Waals surface area (Å²) in [6, 6.07) is 5.80. The molecule has 4 nitrogen and oxygen atoms in total. The van der Waals surface area contributed by atoms with Crippen molar-refractivity contribution >= 4 is 10.0 Å². The Hall–Kier alpha value is -1.87. The second-order valence-electron chi connectivity index (χ2n) is 5.83. The Bertz CT molecular complexity index is 704. The third-order valence-electron chi connectivity index (χ3n) is 4.08. The highest BCUT2D eigenvalue weighted by Crippen LogP contribution is 2.29. The predicted octanol–water partition coefficient (Wildman–Crippen LogP) is 2.89. The van der Waals surface area contributed by atoms with Gasteiger partial charge in [-0.25, -0.2) is 8.42 Å². The summed E-state index contributed by atoms with van der Waals surface area (Å²) in [5.41, 5.74) is -0.363. The van der Waals surface area contributed by atoms with E-state index in [-0.39, 0.29) is 24.3 Å². The maximum Gasteiger partial charge on any atom is 0.244 e. The first-order chi connectivity index (χ1) is 11.2. The topological polar surface area (TPSA) is 57.6 Å². The fourth-order valence-corrected chi connectivity index (χ4v) is 4.17. The van der Waals surface area contributed by atoms with Crippen LogP contribution in [0, 0.1) is 19.3 Å². The average molecular weight is 347 g/mol. The van der Waals surface area contributed by atoms with Crippen molar-refractivity contribution in [2.45, 2.75) is 43.2 Å². The Morgan fingerprint density at radius 3 is 2.21 bits per heavy atom. The molecule has 0 radical (unpaired) electrons. The van der Waals surface area contributed by atoms with Crippen LogP contribution in [0.1, 0.15) is 25.3 Å².